The molecule has 1 amide bonds. The summed E-state index contributed by atoms with van der Waals surface area (Å²) in [5.74, 6) is 0.271. The van der Waals surface area contributed by atoms with Crippen molar-refractivity contribution in [2.75, 3.05) is 25.5 Å². The third kappa shape index (κ3) is 4.91. The number of likely N-dealkylation sites (N-methyl/N-ethyl adjacent to an activating group) is 1. The zero-order valence-corrected chi connectivity index (χ0v) is 17.6. The molecule has 0 radical (unpaired) electrons. The van der Waals surface area contributed by atoms with Crippen molar-refractivity contribution in [3.8, 4) is 0 Å². The van der Waals surface area contributed by atoms with Gasteiger partial charge >= 0.3 is 5.97 Å². The van der Waals surface area contributed by atoms with Gasteiger partial charge in [0.1, 0.15) is 5.00 Å². The Balaban J connectivity index is 1.73. The number of fused-ring (bicyclic) bond motifs is 1. The van der Waals surface area contributed by atoms with Crippen LogP contribution in [0.5, 0.6) is 0 Å². The van der Waals surface area contributed by atoms with Gasteiger partial charge in [0.05, 0.1) is 18.7 Å². The van der Waals surface area contributed by atoms with Crippen molar-refractivity contribution in [3.05, 3.63) is 16.0 Å². The Hall–Kier alpha value is -1.40. The molecule has 1 heterocycles. The number of esters is 1. The Bertz CT molecular complexity index is 679. The highest BCUT2D eigenvalue weighted by Gasteiger charge is 2.29. The van der Waals surface area contributed by atoms with Crippen molar-refractivity contribution in [1.29, 1.82) is 0 Å². The van der Waals surface area contributed by atoms with Crippen molar-refractivity contribution in [3.63, 3.8) is 0 Å². The fourth-order valence-electron chi connectivity index (χ4n) is 4.30. The van der Waals surface area contributed by atoms with Crippen molar-refractivity contribution in [2.24, 2.45) is 5.92 Å². The average molecular weight is 393 g/mol. The summed E-state index contributed by atoms with van der Waals surface area (Å²) in [5, 5.41) is 3.70. The highest BCUT2D eigenvalue weighted by Crippen LogP contribution is 2.40. The predicted molar refractivity (Wildman–Crippen MR) is 110 cm³/mol. The van der Waals surface area contributed by atoms with Crippen molar-refractivity contribution >= 4 is 28.2 Å². The molecule has 150 valence electrons. The fraction of sp³-hybridized carbons (Fsp3) is 0.714. The van der Waals surface area contributed by atoms with Gasteiger partial charge in [-0.25, -0.2) is 4.79 Å². The van der Waals surface area contributed by atoms with E-state index >= 15 is 0 Å². The van der Waals surface area contributed by atoms with Crippen molar-refractivity contribution in [1.82, 2.24) is 4.90 Å². The summed E-state index contributed by atoms with van der Waals surface area (Å²) in [5.41, 5.74) is 1.69. The number of thiophene rings is 1. The molecule has 1 aromatic heterocycles. The maximum atomic E-state index is 12.7. The molecule has 1 N–H and O–H groups in total. The van der Waals surface area contributed by atoms with Gasteiger partial charge in [-0.3, -0.25) is 9.69 Å². The summed E-state index contributed by atoms with van der Waals surface area (Å²) >= 11 is 1.56. The molecule has 1 saturated carbocycles. The fourth-order valence-corrected chi connectivity index (χ4v) is 5.72. The Morgan fingerprint density at radius 1 is 1.22 bits per heavy atom. The highest BCUT2D eigenvalue weighted by atomic mass is 32.1. The number of hydrogen-bond donors (Lipinski definition) is 1. The first-order valence-electron chi connectivity index (χ1n) is 10.3. The smallest absolute Gasteiger partial charge is 0.341 e. The van der Waals surface area contributed by atoms with E-state index in [1.807, 2.05) is 14.0 Å². The van der Waals surface area contributed by atoms with Crippen molar-refractivity contribution < 1.29 is 14.3 Å². The number of rotatable bonds is 6. The highest BCUT2D eigenvalue weighted by molar-refractivity contribution is 7.17. The topological polar surface area (TPSA) is 58.6 Å². The number of ether oxygens (including phenoxy) is 1. The first kappa shape index (κ1) is 20.3. The van der Waals surface area contributed by atoms with Gasteiger partial charge in [0, 0.05) is 10.9 Å². The number of anilines is 1. The molecule has 2 aliphatic rings. The number of hydrogen-bond acceptors (Lipinski definition) is 5. The second-order valence-corrected chi connectivity index (χ2v) is 9.14. The van der Waals surface area contributed by atoms with Gasteiger partial charge in [-0.1, -0.05) is 26.2 Å². The van der Waals surface area contributed by atoms with E-state index in [1.54, 1.807) is 11.3 Å². The minimum Gasteiger partial charge on any atom is -0.462 e. The van der Waals surface area contributed by atoms with E-state index < -0.39 is 0 Å². The zero-order chi connectivity index (χ0) is 19.4. The molecule has 3 rings (SSSR count). The Labute approximate surface area is 166 Å². The van der Waals surface area contributed by atoms with Crippen LogP contribution in [0.1, 0.15) is 73.2 Å². The first-order chi connectivity index (χ1) is 13.0. The lowest BCUT2D eigenvalue weighted by atomic mass is 9.88. The molecule has 1 aromatic rings. The molecular weight excluding hydrogens is 360 g/mol. The molecule has 0 bridgehead atoms. The third-order valence-corrected chi connectivity index (χ3v) is 7.01. The Morgan fingerprint density at radius 3 is 2.67 bits per heavy atom. The second-order valence-electron chi connectivity index (χ2n) is 8.03. The first-order valence-corrected chi connectivity index (χ1v) is 11.1. The number of nitrogens with one attached hydrogen (secondary N) is 1. The molecule has 27 heavy (non-hydrogen) atoms. The van der Waals surface area contributed by atoms with Crippen molar-refractivity contribution in [2.45, 2.75) is 71.3 Å². The molecule has 0 aliphatic heterocycles. The SMILES string of the molecule is CCOC(=O)c1c(NC(=O)CN(C)C2CCCCC2)sc2c1CC[C@@H](C)C2. The quantitative estimate of drug-likeness (QED) is 0.735. The Morgan fingerprint density at radius 2 is 1.96 bits per heavy atom. The largest absolute Gasteiger partial charge is 0.462 e. The zero-order valence-electron chi connectivity index (χ0n) is 16.8. The summed E-state index contributed by atoms with van der Waals surface area (Å²) in [6.07, 6.45) is 9.08. The standard InChI is InChI=1S/C21H32N2O3S/c1-4-26-21(25)19-16-11-10-14(2)12-17(16)27-20(19)22-18(24)13-23(3)15-8-6-5-7-9-15/h14-15H,4-13H2,1-3H3,(H,22,24)/t14-/m1/s1. The molecule has 1 fully saturated rings. The van der Waals surface area contributed by atoms with Crippen LogP contribution >= 0.6 is 11.3 Å². The molecule has 2 aliphatic carbocycles. The van der Waals surface area contributed by atoms with E-state index in [-0.39, 0.29) is 11.9 Å². The molecule has 0 saturated heterocycles. The van der Waals surface area contributed by atoms with E-state index in [0.29, 0.717) is 35.7 Å². The number of amides is 1. The summed E-state index contributed by atoms with van der Waals surface area (Å²) in [6, 6.07) is 0.492. The van der Waals surface area contributed by atoms with E-state index in [0.717, 1.165) is 24.8 Å². The van der Waals surface area contributed by atoms with Crippen LogP contribution in [-0.4, -0.2) is 43.0 Å². The van der Waals surface area contributed by atoms with E-state index in [2.05, 4.69) is 17.1 Å². The third-order valence-electron chi connectivity index (χ3n) is 5.84. The summed E-state index contributed by atoms with van der Waals surface area (Å²) < 4.78 is 5.28. The van der Waals surface area contributed by atoms with Crippen LogP contribution in [0, 0.1) is 5.92 Å². The molecule has 0 unspecified atom stereocenters. The monoisotopic (exact) mass is 392 g/mol. The number of carbonyl (C=O) groups excluding carboxylic acids is 2. The summed E-state index contributed by atoms with van der Waals surface area (Å²) in [7, 11) is 2.03. The van der Waals surface area contributed by atoms with Gasteiger partial charge in [0.2, 0.25) is 5.91 Å². The van der Waals surface area contributed by atoms with Crippen LogP contribution in [0.15, 0.2) is 0 Å². The van der Waals surface area contributed by atoms with Gasteiger partial charge in [-0.05, 0) is 57.6 Å². The van der Waals surface area contributed by atoms with Gasteiger partial charge < -0.3 is 10.1 Å². The number of nitrogens with zero attached hydrogens (tertiary/aromatic N) is 1. The maximum Gasteiger partial charge on any atom is 0.341 e. The second kappa shape index (κ2) is 9.20. The lowest BCUT2D eigenvalue weighted by molar-refractivity contribution is -0.117. The predicted octanol–water partition coefficient (Wildman–Crippen LogP) is 4.25. The molecule has 5 nitrogen and oxygen atoms in total. The maximum absolute atomic E-state index is 12.7. The van der Waals surface area contributed by atoms with Gasteiger partial charge in [-0.2, -0.15) is 0 Å². The van der Waals surface area contributed by atoms with E-state index in [4.69, 9.17) is 4.74 Å². The van der Waals surface area contributed by atoms with Crippen LogP contribution in [0.25, 0.3) is 0 Å². The Kier molecular flexibility index (Phi) is 6.93. The summed E-state index contributed by atoms with van der Waals surface area (Å²) in [6.45, 7) is 4.77. The average Bonchev–Trinajstić information content (AvgIpc) is 2.99. The molecular formula is C21H32N2O3S. The van der Waals surface area contributed by atoms with Gasteiger partial charge in [0.25, 0.3) is 0 Å². The lowest BCUT2D eigenvalue weighted by Crippen LogP contribution is -2.39. The minimum absolute atomic E-state index is 0.0414. The van der Waals surface area contributed by atoms with Gasteiger partial charge in [0.15, 0.2) is 0 Å². The van der Waals surface area contributed by atoms with Crippen LogP contribution < -0.4 is 5.32 Å². The minimum atomic E-state index is -0.305. The molecule has 1 atom stereocenters. The van der Waals surface area contributed by atoms with E-state index in [9.17, 15) is 9.59 Å². The molecule has 0 spiro atoms. The molecule has 0 aromatic carbocycles. The van der Waals surface area contributed by atoms with Crippen LogP contribution in [-0.2, 0) is 22.4 Å². The summed E-state index contributed by atoms with van der Waals surface area (Å²) in [4.78, 5) is 28.6. The lowest BCUT2D eigenvalue weighted by Gasteiger charge is -2.30. The van der Waals surface area contributed by atoms with E-state index in [1.165, 1.54) is 37.0 Å². The number of carbonyl (C=O) groups is 2. The van der Waals surface area contributed by atoms with Crippen LogP contribution in [0.4, 0.5) is 5.00 Å². The van der Waals surface area contributed by atoms with Gasteiger partial charge in [-0.15, -0.1) is 11.3 Å². The molecule has 6 heteroatoms. The van der Waals surface area contributed by atoms with Crippen LogP contribution in [0.2, 0.25) is 0 Å². The normalized spacial score (nSPS) is 20.4. The van der Waals surface area contributed by atoms with Crippen LogP contribution in [0.3, 0.4) is 0 Å².